The first-order valence-corrected chi connectivity index (χ1v) is 6.63. The van der Waals surface area contributed by atoms with Crippen LogP contribution in [0.15, 0.2) is 18.2 Å². The summed E-state index contributed by atoms with van der Waals surface area (Å²) >= 11 is 0. The lowest BCUT2D eigenvalue weighted by Gasteiger charge is -2.30. The van der Waals surface area contributed by atoms with E-state index < -0.39 is 17.7 Å². The van der Waals surface area contributed by atoms with Crippen LogP contribution in [0.25, 0.3) is 0 Å². The lowest BCUT2D eigenvalue weighted by molar-refractivity contribution is -0.143. The number of aliphatic carboxylic acids is 1. The van der Waals surface area contributed by atoms with Gasteiger partial charge in [0, 0.05) is 19.2 Å². The number of hydrogen-bond acceptors (Lipinski definition) is 3. The second-order valence-corrected chi connectivity index (χ2v) is 4.87. The van der Waals surface area contributed by atoms with E-state index in [1.165, 1.54) is 30.2 Å². The molecule has 1 saturated heterocycles. The van der Waals surface area contributed by atoms with Gasteiger partial charge in [-0.05, 0) is 25.0 Å². The zero-order valence-corrected chi connectivity index (χ0v) is 11.6. The number of anilines is 1. The number of ether oxygens (including phenoxy) is 1. The molecule has 1 fully saturated rings. The Morgan fingerprint density at radius 1 is 1.38 bits per heavy atom. The maximum absolute atomic E-state index is 13.2. The monoisotopic (exact) mass is 296 g/mol. The summed E-state index contributed by atoms with van der Waals surface area (Å²) in [6, 6.07) is 3.47. The van der Waals surface area contributed by atoms with Crippen LogP contribution in [-0.4, -0.2) is 42.2 Å². The Balaban J connectivity index is 1.99. The van der Waals surface area contributed by atoms with E-state index in [-0.39, 0.29) is 11.7 Å². The minimum atomic E-state index is -0.832. The topological polar surface area (TPSA) is 78.9 Å². The number of halogens is 1. The van der Waals surface area contributed by atoms with Crippen LogP contribution >= 0.6 is 0 Å². The van der Waals surface area contributed by atoms with Crippen molar-refractivity contribution in [2.75, 3.05) is 25.5 Å². The summed E-state index contributed by atoms with van der Waals surface area (Å²) in [6.45, 7) is 0.723. The van der Waals surface area contributed by atoms with Gasteiger partial charge in [0.2, 0.25) is 0 Å². The van der Waals surface area contributed by atoms with Gasteiger partial charge in [0.1, 0.15) is 11.6 Å². The van der Waals surface area contributed by atoms with Crippen LogP contribution in [0.5, 0.6) is 5.75 Å². The molecule has 0 saturated carbocycles. The molecule has 2 amide bonds. The molecule has 0 radical (unpaired) electrons. The molecule has 0 spiro atoms. The molecule has 114 valence electrons. The molecule has 7 heteroatoms. The molecule has 6 nitrogen and oxygen atoms in total. The number of nitrogens with one attached hydrogen (secondary N) is 1. The number of likely N-dealkylation sites (tertiary alicyclic amines) is 1. The molecule has 1 aromatic rings. The van der Waals surface area contributed by atoms with E-state index in [0.29, 0.717) is 31.7 Å². The maximum atomic E-state index is 13.2. The molecular weight excluding hydrogens is 279 g/mol. The Kier molecular flexibility index (Phi) is 4.62. The maximum Gasteiger partial charge on any atom is 0.321 e. The van der Waals surface area contributed by atoms with E-state index in [1.807, 2.05) is 0 Å². The molecule has 1 heterocycles. The first kappa shape index (κ1) is 15.1. The molecule has 21 heavy (non-hydrogen) atoms. The normalized spacial score (nSPS) is 15.6. The zero-order valence-electron chi connectivity index (χ0n) is 11.6. The van der Waals surface area contributed by atoms with E-state index in [0.717, 1.165) is 0 Å². The number of benzene rings is 1. The van der Waals surface area contributed by atoms with Crippen molar-refractivity contribution < 1.29 is 23.8 Å². The molecule has 1 aliphatic heterocycles. The molecule has 0 bridgehead atoms. The van der Waals surface area contributed by atoms with Crippen molar-refractivity contribution in [2.45, 2.75) is 12.8 Å². The molecule has 0 atom stereocenters. The molecule has 2 rings (SSSR count). The number of piperidine rings is 1. The minimum Gasteiger partial charge on any atom is -0.495 e. The number of carboxylic acid groups (broad SMARTS) is 1. The van der Waals surface area contributed by atoms with Crippen LogP contribution in [0.2, 0.25) is 0 Å². The SMILES string of the molecule is COc1ccc(F)cc1NC(=O)N1CCC(C(=O)O)CC1. The van der Waals surface area contributed by atoms with Crippen LogP contribution in [-0.2, 0) is 4.79 Å². The van der Waals surface area contributed by atoms with Gasteiger partial charge in [0.15, 0.2) is 0 Å². The van der Waals surface area contributed by atoms with Crippen molar-refractivity contribution in [1.82, 2.24) is 4.90 Å². The predicted octanol–water partition coefficient (Wildman–Crippen LogP) is 2.16. The highest BCUT2D eigenvalue weighted by atomic mass is 19.1. The number of carbonyl (C=O) groups is 2. The first-order valence-electron chi connectivity index (χ1n) is 6.63. The van der Waals surface area contributed by atoms with Gasteiger partial charge >= 0.3 is 12.0 Å². The average molecular weight is 296 g/mol. The summed E-state index contributed by atoms with van der Waals surface area (Å²) in [5.41, 5.74) is 0.253. The second kappa shape index (κ2) is 6.43. The van der Waals surface area contributed by atoms with Crippen LogP contribution in [0.3, 0.4) is 0 Å². The van der Waals surface area contributed by atoms with Gasteiger partial charge in [-0.15, -0.1) is 0 Å². The standard InChI is InChI=1S/C14H17FN2O4/c1-21-12-3-2-10(15)8-11(12)16-14(20)17-6-4-9(5-7-17)13(18)19/h2-3,8-9H,4-7H2,1H3,(H,16,20)(H,18,19). The zero-order chi connectivity index (χ0) is 15.4. The van der Waals surface area contributed by atoms with Gasteiger partial charge < -0.3 is 20.1 Å². The summed E-state index contributed by atoms with van der Waals surface area (Å²) < 4.78 is 18.3. The van der Waals surface area contributed by atoms with Gasteiger partial charge in [-0.25, -0.2) is 9.18 Å². The third-order valence-electron chi connectivity index (χ3n) is 3.53. The van der Waals surface area contributed by atoms with Crippen LogP contribution in [0, 0.1) is 11.7 Å². The molecule has 1 aliphatic rings. The quantitative estimate of drug-likeness (QED) is 0.896. The second-order valence-electron chi connectivity index (χ2n) is 4.87. The van der Waals surface area contributed by atoms with Crippen molar-refractivity contribution in [2.24, 2.45) is 5.92 Å². The fraction of sp³-hybridized carbons (Fsp3) is 0.429. The Morgan fingerprint density at radius 3 is 2.62 bits per heavy atom. The molecular formula is C14H17FN2O4. The summed E-state index contributed by atoms with van der Waals surface area (Å²) in [5.74, 6) is -1.35. The highest BCUT2D eigenvalue weighted by Gasteiger charge is 2.27. The summed E-state index contributed by atoms with van der Waals surface area (Å²) in [7, 11) is 1.43. The van der Waals surface area contributed by atoms with Gasteiger partial charge in [0.25, 0.3) is 0 Å². The number of hydrogen-bond donors (Lipinski definition) is 2. The first-order chi connectivity index (χ1) is 10.0. The number of methoxy groups -OCH3 is 1. The van der Waals surface area contributed by atoms with E-state index in [4.69, 9.17) is 9.84 Å². The molecule has 0 aromatic heterocycles. The van der Waals surface area contributed by atoms with Crippen LogP contribution in [0.1, 0.15) is 12.8 Å². The van der Waals surface area contributed by atoms with E-state index in [2.05, 4.69) is 5.32 Å². The van der Waals surface area contributed by atoms with Crippen LogP contribution in [0.4, 0.5) is 14.9 Å². The number of carboxylic acids is 1. The summed E-state index contributed by atoms with van der Waals surface area (Å²) in [4.78, 5) is 24.5. The van der Waals surface area contributed by atoms with Crippen molar-refractivity contribution in [1.29, 1.82) is 0 Å². The van der Waals surface area contributed by atoms with E-state index >= 15 is 0 Å². The number of amides is 2. The van der Waals surface area contributed by atoms with Crippen LogP contribution < -0.4 is 10.1 Å². The van der Waals surface area contributed by atoms with Gasteiger partial charge in [0.05, 0.1) is 18.7 Å². The molecule has 0 aliphatic carbocycles. The number of nitrogens with zero attached hydrogens (tertiary/aromatic N) is 1. The number of urea groups is 1. The highest BCUT2D eigenvalue weighted by Crippen LogP contribution is 2.26. The number of rotatable bonds is 3. The average Bonchev–Trinajstić information content (AvgIpc) is 2.47. The largest absolute Gasteiger partial charge is 0.495 e. The third-order valence-corrected chi connectivity index (χ3v) is 3.53. The molecule has 1 aromatic carbocycles. The minimum absolute atomic E-state index is 0.253. The molecule has 2 N–H and O–H groups in total. The third kappa shape index (κ3) is 3.62. The smallest absolute Gasteiger partial charge is 0.321 e. The predicted molar refractivity (Wildman–Crippen MR) is 73.9 cm³/mol. The Hall–Kier alpha value is -2.31. The Labute approximate surface area is 121 Å². The number of carbonyl (C=O) groups excluding carboxylic acids is 1. The fourth-order valence-electron chi connectivity index (χ4n) is 2.30. The van der Waals surface area contributed by atoms with Crippen molar-refractivity contribution in [3.63, 3.8) is 0 Å². The lowest BCUT2D eigenvalue weighted by atomic mass is 9.97. The Morgan fingerprint density at radius 2 is 2.05 bits per heavy atom. The summed E-state index contributed by atoms with van der Waals surface area (Å²) in [5, 5.41) is 11.5. The van der Waals surface area contributed by atoms with E-state index in [1.54, 1.807) is 0 Å². The van der Waals surface area contributed by atoms with Crippen molar-refractivity contribution in [3.05, 3.63) is 24.0 Å². The lowest BCUT2D eigenvalue weighted by Crippen LogP contribution is -2.42. The summed E-state index contributed by atoms with van der Waals surface area (Å²) in [6.07, 6.45) is 0.839. The highest BCUT2D eigenvalue weighted by molar-refractivity contribution is 5.91. The van der Waals surface area contributed by atoms with Gasteiger partial charge in [-0.1, -0.05) is 0 Å². The van der Waals surface area contributed by atoms with Gasteiger partial charge in [-0.2, -0.15) is 0 Å². The Bertz CT molecular complexity index is 542. The van der Waals surface area contributed by atoms with E-state index in [9.17, 15) is 14.0 Å². The fourth-order valence-corrected chi connectivity index (χ4v) is 2.30. The van der Waals surface area contributed by atoms with Crippen molar-refractivity contribution >= 4 is 17.7 Å². The molecule has 0 unspecified atom stereocenters. The van der Waals surface area contributed by atoms with Crippen molar-refractivity contribution in [3.8, 4) is 5.75 Å². The van der Waals surface area contributed by atoms with Gasteiger partial charge in [-0.3, -0.25) is 4.79 Å².